The normalized spacial score (nSPS) is 10.9. The highest BCUT2D eigenvalue weighted by Gasteiger charge is 2.11. The Morgan fingerprint density at radius 2 is 1.85 bits per heavy atom. The molecule has 0 unspecified atom stereocenters. The highest BCUT2D eigenvalue weighted by molar-refractivity contribution is 6.09. The van der Waals surface area contributed by atoms with Gasteiger partial charge in [0.15, 0.2) is 0 Å². The van der Waals surface area contributed by atoms with E-state index in [1.165, 1.54) is 30.3 Å². The van der Waals surface area contributed by atoms with E-state index in [1.54, 1.807) is 13.2 Å². The Kier molecular flexibility index (Phi) is 5.33. The first-order chi connectivity index (χ1) is 13.1. The van der Waals surface area contributed by atoms with Crippen molar-refractivity contribution < 1.29 is 13.9 Å². The van der Waals surface area contributed by atoms with Crippen LogP contribution in [0.25, 0.3) is 11.8 Å². The van der Waals surface area contributed by atoms with Crippen molar-refractivity contribution in [2.75, 3.05) is 12.4 Å². The van der Waals surface area contributed by atoms with Crippen LogP contribution >= 0.6 is 0 Å². The molecule has 2 aromatic carbocycles. The number of nitriles is 1. The first-order valence-corrected chi connectivity index (χ1v) is 8.11. The third-order valence-electron chi connectivity index (χ3n) is 3.89. The van der Waals surface area contributed by atoms with Crippen molar-refractivity contribution in [3.8, 4) is 17.5 Å². The molecule has 0 radical (unpaired) electrons. The van der Waals surface area contributed by atoms with E-state index in [9.17, 15) is 14.4 Å². The number of aromatic nitrogens is 1. The van der Waals surface area contributed by atoms with E-state index in [4.69, 9.17) is 4.74 Å². The second-order valence-electron chi connectivity index (χ2n) is 5.63. The molecule has 134 valence electrons. The monoisotopic (exact) mass is 361 g/mol. The van der Waals surface area contributed by atoms with Gasteiger partial charge in [-0.3, -0.25) is 4.79 Å². The average Bonchev–Trinajstić information content (AvgIpc) is 3.16. The summed E-state index contributed by atoms with van der Waals surface area (Å²) in [6.45, 7) is 0. The van der Waals surface area contributed by atoms with Gasteiger partial charge in [-0.1, -0.05) is 0 Å². The number of hydrogen-bond donors (Lipinski definition) is 1. The summed E-state index contributed by atoms with van der Waals surface area (Å²) in [4.78, 5) is 12.4. The van der Waals surface area contributed by atoms with Gasteiger partial charge in [-0.2, -0.15) is 5.26 Å². The fourth-order valence-corrected chi connectivity index (χ4v) is 2.52. The summed E-state index contributed by atoms with van der Waals surface area (Å²) in [5.74, 6) is -0.229. The zero-order chi connectivity index (χ0) is 19.2. The number of carbonyl (C=O) groups excluding carboxylic acids is 1. The van der Waals surface area contributed by atoms with Crippen LogP contribution in [0.1, 0.15) is 5.69 Å². The van der Waals surface area contributed by atoms with Crippen molar-refractivity contribution >= 4 is 17.7 Å². The molecule has 3 rings (SSSR count). The topological polar surface area (TPSA) is 67.0 Å². The summed E-state index contributed by atoms with van der Waals surface area (Å²) >= 11 is 0. The van der Waals surface area contributed by atoms with Gasteiger partial charge in [0.1, 0.15) is 23.2 Å². The third kappa shape index (κ3) is 4.22. The molecule has 0 aliphatic carbocycles. The lowest BCUT2D eigenvalue weighted by Crippen LogP contribution is -2.13. The molecule has 6 heteroatoms. The Bertz CT molecular complexity index is 1010. The van der Waals surface area contributed by atoms with Crippen molar-refractivity contribution in [3.63, 3.8) is 0 Å². The maximum atomic E-state index is 13.0. The minimum Gasteiger partial charge on any atom is -0.497 e. The number of hydrogen-bond acceptors (Lipinski definition) is 3. The zero-order valence-electron chi connectivity index (χ0n) is 14.5. The van der Waals surface area contributed by atoms with Gasteiger partial charge in [-0.05, 0) is 66.7 Å². The van der Waals surface area contributed by atoms with Crippen molar-refractivity contribution in [2.24, 2.45) is 0 Å². The van der Waals surface area contributed by atoms with Gasteiger partial charge in [0.25, 0.3) is 5.91 Å². The van der Waals surface area contributed by atoms with Crippen LogP contribution in [-0.2, 0) is 4.79 Å². The van der Waals surface area contributed by atoms with Crippen LogP contribution in [-0.4, -0.2) is 17.6 Å². The number of nitrogens with zero attached hydrogens (tertiary/aromatic N) is 2. The molecule has 5 nitrogen and oxygen atoms in total. The van der Waals surface area contributed by atoms with Crippen molar-refractivity contribution in [2.45, 2.75) is 0 Å². The van der Waals surface area contributed by atoms with E-state index in [-0.39, 0.29) is 5.57 Å². The van der Waals surface area contributed by atoms with Gasteiger partial charge in [-0.15, -0.1) is 0 Å². The Labute approximate surface area is 155 Å². The van der Waals surface area contributed by atoms with E-state index in [1.807, 2.05) is 47.2 Å². The van der Waals surface area contributed by atoms with Gasteiger partial charge in [0, 0.05) is 23.3 Å². The van der Waals surface area contributed by atoms with Crippen LogP contribution in [0.2, 0.25) is 0 Å². The third-order valence-corrected chi connectivity index (χ3v) is 3.89. The number of anilines is 1. The Morgan fingerprint density at radius 3 is 2.48 bits per heavy atom. The Hall–Kier alpha value is -3.85. The molecule has 0 aliphatic rings. The highest BCUT2D eigenvalue weighted by Crippen LogP contribution is 2.19. The molecule has 3 aromatic rings. The summed E-state index contributed by atoms with van der Waals surface area (Å²) in [6.07, 6.45) is 3.34. The molecule has 0 aliphatic heterocycles. The van der Waals surface area contributed by atoms with Crippen LogP contribution in [0.5, 0.6) is 5.75 Å². The summed E-state index contributed by atoms with van der Waals surface area (Å²) in [6, 6.07) is 18.3. The standard InChI is InChI=1S/C21H16FN3O2/c1-27-20-10-8-18(9-11-20)25-12-2-3-19(25)13-15(14-23)21(26)24-17-6-4-16(22)5-7-17/h2-13H,1H3,(H,24,26)/b15-13+. The fraction of sp³-hybridized carbons (Fsp3) is 0.0476. The fourth-order valence-electron chi connectivity index (χ4n) is 2.52. The molecular weight excluding hydrogens is 345 g/mol. The lowest BCUT2D eigenvalue weighted by molar-refractivity contribution is -0.112. The lowest BCUT2D eigenvalue weighted by atomic mass is 10.2. The number of halogens is 1. The molecule has 27 heavy (non-hydrogen) atoms. The molecule has 0 bridgehead atoms. The zero-order valence-corrected chi connectivity index (χ0v) is 14.5. The molecule has 0 saturated carbocycles. The molecule has 1 amide bonds. The van der Waals surface area contributed by atoms with Crippen molar-refractivity contribution in [1.82, 2.24) is 4.57 Å². The molecule has 1 heterocycles. The van der Waals surface area contributed by atoms with Gasteiger partial charge < -0.3 is 14.6 Å². The minimum absolute atomic E-state index is 0.0622. The van der Waals surface area contributed by atoms with Crippen molar-refractivity contribution in [1.29, 1.82) is 5.26 Å². The summed E-state index contributed by atoms with van der Waals surface area (Å²) in [5, 5.41) is 12.0. The largest absolute Gasteiger partial charge is 0.497 e. The van der Waals surface area contributed by atoms with Gasteiger partial charge in [0.2, 0.25) is 0 Å². The van der Waals surface area contributed by atoms with E-state index >= 15 is 0 Å². The molecule has 0 fully saturated rings. The van der Waals surface area contributed by atoms with Gasteiger partial charge >= 0.3 is 0 Å². The summed E-state index contributed by atoms with van der Waals surface area (Å²) < 4.78 is 20.0. The summed E-state index contributed by atoms with van der Waals surface area (Å²) in [7, 11) is 1.60. The summed E-state index contributed by atoms with van der Waals surface area (Å²) in [5.41, 5.74) is 1.88. The number of rotatable bonds is 5. The van der Waals surface area contributed by atoms with Gasteiger partial charge in [0.05, 0.1) is 7.11 Å². The number of nitrogens with one attached hydrogen (secondary N) is 1. The lowest BCUT2D eigenvalue weighted by Gasteiger charge is -2.08. The first kappa shape index (κ1) is 18.0. The van der Waals surface area contributed by atoms with Crippen LogP contribution in [0.15, 0.2) is 72.4 Å². The SMILES string of the molecule is COc1ccc(-n2cccc2/C=C(\C#N)C(=O)Nc2ccc(F)cc2)cc1. The Morgan fingerprint density at radius 1 is 1.15 bits per heavy atom. The second kappa shape index (κ2) is 8.02. The molecule has 0 spiro atoms. The number of benzene rings is 2. The molecule has 0 saturated heterocycles. The molecule has 0 atom stereocenters. The minimum atomic E-state index is -0.563. The van der Waals surface area contributed by atoms with Gasteiger partial charge in [-0.25, -0.2) is 4.39 Å². The molecular formula is C21H16FN3O2. The van der Waals surface area contributed by atoms with Crippen LogP contribution in [0, 0.1) is 17.1 Å². The predicted molar refractivity (Wildman–Crippen MR) is 101 cm³/mol. The number of ether oxygens (including phenoxy) is 1. The first-order valence-electron chi connectivity index (χ1n) is 8.11. The van der Waals surface area contributed by atoms with Crippen LogP contribution in [0.4, 0.5) is 10.1 Å². The van der Waals surface area contributed by atoms with E-state index in [2.05, 4.69) is 5.32 Å². The number of methoxy groups -OCH3 is 1. The average molecular weight is 361 g/mol. The van der Waals surface area contributed by atoms with E-state index < -0.39 is 11.7 Å². The maximum absolute atomic E-state index is 13.0. The van der Waals surface area contributed by atoms with Crippen molar-refractivity contribution in [3.05, 3.63) is 83.9 Å². The van der Waals surface area contributed by atoms with Crippen LogP contribution < -0.4 is 10.1 Å². The van der Waals surface area contributed by atoms with Crippen LogP contribution in [0.3, 0.4) is 0 Å². The number of amides is 1. The number of carbonyl (C=O) groups is 1. The smallest absolute Gasteiger partial charge is 0.266 e. The second-order valence-corrected chi connectivity index (χ2v) is 5.63. The Balaban J connectivity index is 1.85. The van der Waals surface area contributed by atoms with E-state index in [0.717, 1.165) is 11.4 Å². The van der Waals surface area contributed by atoms with E-state index in [0.29, 0.717) is 11.4 Å². The quantitative estimate of drug-likeness (QED) is 0.548. The highest BCUT2D eigenvalue weighted by atomic mass is 19.1. The predicted octanol–water partition coefficient (Wildman–Crippen LogP) is 4.17. The maximum Gasteiger partial charge on any atom is 0.266 e. The molecule has 1 N–H and O–H groups in total. The molecule has 1 aromatic heterocycles.